The molecule has 0 radical (unpaired) electrons. The Morgan fingerprint density at radius 1 is 1.12 bits per heavy atom. The first-order valence-corrected chi connectivity index (χ1v) is 8.58. The second-order valence-electron chi connectivity index (χ2n) is 3.90. The minimum absolute atomic E-state index is 0.768. The summed E-state index contributed by atoms with van der Waals surface area (Å²) in [5.74, 6) is 0. The summed E-state index contributed by atoms with van der Waals surface area (Å²) >= 11 is 0.768. The third-order valence-electron chi connectivity index (χ3n) is 2.72. The Bertz CT molecular complexity index is 294. The van der Waals surface area contributed by atoms with Crippen LogP contribution < -0.4 is 0 Å². The first kappa shape index (κ1) is 13.5. The molecule has 0 aliphatic heterocycles. The summed E-state index contributed by atoms with van der Waals surface area (Å²) in [6, 6.07) is 10.8. The molecule has 0 N–H and O–H groups in total. The number of benzene rings is 1. The van der Waals surface area contributed by atoms with Gasteiger partial charge in [-0.25, -0.2) is 0 Å². The van der Waals surface area contributed by atoms with Crippen molar-refractivity contribution in [2.45, 2.75) is 43.7 Å². The van der Waals surface area contributed by atoms with Crippen LogP contribution in [0.15, 0.2) is 42.0 Å². The van der Waals surface area contributed by atoms with Gasteiger partial charge in [-0.05, 0) is 0 Å². The summed E-state index contributed by atoms with van der Waals surface area (Å²) in [5, 5.41) is 2.67. The maximum absolute atomic E-state index is 2.45. The van der Waals surface area contributed by atoms with Crippen LogP contribution in [0.2, 0.25) is 5.32 Å². The summed E-state index contributed by atoms with van der Waals surface area (Å²) in [6.45, 7) is 4.51. The molecule has 0 fully saturated rings. The van der Waals surface area contributed by atoms with E-state index in [1.807, 2.05) is 0 Å². The van der Waals surface area contributed by atoms with Crippen LogP contribution in [0.3, 0.4) is 0 Å². The van der Waals surface area contributed by atoms with Gasteiger partial charge in [0.2, 0.25) is 0 Å². The van der Waals surface area contributed by atoms with Crippen LogP contribution in [0.1, 0.15) is 38.7 Å². The Balaban J connectivity index is 2.15. The van der Waals surface area contributed by atoms with E-state index in [9.17, 15) is 0 Å². The molecule has 1 aromatic carbocycles. The zero-order valence-corrected chi connectivity index (χ0v) is 12.1. The molecule has 0 aliphatic rings. The first-order valence-electron chi connectivity index (χ1n) is 6.16. The Hall–Kier alpha value is -0.521. The van der Waals surface area contributed by atoms with Crippen molar-refractivity contribution in [3.8, 4) is 0 Å². The molecule has 0 bridgehead atoms. The normalized spacial score (nSPS) is 10.1. The van der Waals surface area contributed by atoms with Crippen molar-refractivity contribution >= 4 is 15.0 Å². The van der Waals surface area contributed by atoms with E-state index in [0.29, 0.717) is 0 Å². The third-order valence-corrected chi connectivity index (χ3v) is 4.94. The van der Waals surface area contributed by atoms with Gasteiger partial charge in [-0.2, -0.15) is 0 Å². The monoisotopic (exact) mass is 282 g/mol. The third kappa shape index (κ3) is 5.53. The molecule has 1 aromatic rings. The Morgan fingerprint density at radius 2 is 1.81 bits per heavy atom. The molecule has 0 spiro atoms. The van der Waals surface area contributed by atoms with E-state index >= 15 is 0 Å². The van der Waals surface area contributed by atoms with Gasteiger partial charge in [0.15, 0.2) is 0 Å². The van der Waals surface area contributed by atoms with Gasteiger partial charge in [0, 0.05) is 0 Å². The van der Waals surface area contributed by atoms with E-state index in [1.165, 1.54) is 35.5 Å². The zero-order valence-electron chi connectivity index (χ0n) is 10.4. The van der Waals surface area contributed by atoms with Crippen molar-refractivity contribution in [2.24, 2.45) is 0 Å². The SMILES string of the molecule is CCC(=CCC[Se]Cc1ccccc1)CC. The molecule has 0 unspecified atom stereocenters. The van der Waals surface area contributed by atoms with Crippen molar-refractivity contribution in [1.29, 1.82) is 0 Å². The van der Waals surface area contributed by atoms with Crippen molar-refractivity contribution in [2.75, 3.05) is 0 Å². The molecular formula is C15H22Se. The van der Waals surface area contributed by atoms with Gasteiger partial charge in [-0.3, -0.25) is 0 Å². The molecular weight excluding hydrogens is 259 g/mol. The van der Waals surface area contributed by atoms with E-state index in [-0.39, 0.29) is 0 Å². The molecule has 0 saturated carbocycles. The fourth-order valence-electron chi connectivity index (χ4n) is 1.65. The maximum atomic E-state index is 2.45. The van der Waals surface area contributed by atoms with Crippen LogP contribution in [0.5, 0.6) is 0 Å². The number of hydrogen-bond acceptors (Lipinski definition) is 0. The summed E-state index contributed by atoms with van der Waals surface area (Å²) in [7, 11) is 0. The van der Waals surface area contributed by atoms with Crippen LogP contribution >= 0.6 is 0 Å². The van der Waals surface area contributed by atoms with Crippen LogP contribution in [-0.4, -0.2) is 15.0 Å². The van der Waals surface area contributed by atoms with Crippen molar-refractivity contribution in [3.63, 3.8) is 0 Å². The molecule has 0 atom stereocenters. The molecule has 0 amide bonds. The zero-order chi connectivity index (χ0) is 11.6. The molecule has 0 saturated heterocycles. The first-order chi connectivity index (χ1) is 7.86. The number of hydrogen-bond donors (Lipinski definition) is 0. The van der Waals surface area contributed by atoms with Gasteiger partial charge >= 0.3 is 106 Å². The predicted octanol–water partition coefficient (Wildman–Crippen LogP) is 4.45. The van der Waals surface area contributed by atoms with Gasteiger partial charge in [0.1, 0.15) is 0 Å². The number of rotatable bonds is 7. The second kappa shape index (κ2) is 8.61. The van der Waals surface area contributed by atoms with E-state index in [2.05, 4.69) is 50.3 Å². The fourth-order valence-corrected chi connectivity index (χ4v) is 3.45. The standard InChI is InChI=1S/C15H22Se/c1-3-14(4-2)11-8-12-16-13-15-9-6-5-7-10-15/h5-7,9-11H,3-4,8,12-13H2,1-2H3. The van der Waals surface area contributed by atoms with Crippen LogP contribution in [0.4, 0.5) is 0 Å². The van der Waals surface area contributed by atoms with Crippen molar-refractivity contribution < 1.29 is 0 Å². The Labute approximate surface area is 106 Å². The minimum atomic E-state index is 0.768. The van der Waals surface area contributed by atoms with Crippen molar-refractivity contribution in [3.05, 3.63) is 47.5 Å². The van der Waals surface area contributed by atoms with Crippen LogP contribution in [-0.2, 0) is 5.32 Å². The van der Waals surface area contributed by atoms with E-state index in [0.717, 1.165) is 15.0 Å². The summed E-state index contributed by atoms with van der Waals surface area (Å²) in [4.78, 5) is 0. The van der Waals surface area contributed by atoms with Gasteiger partial charge in [0.05, 0.1) is 0 Å². The van der Waals surface area contributed by atoms with E-state index in [1.54, 1.807) is 5.57 Å². The predicted molar refractivity (Wildman–Crippen MR) is 74.0 cm³/mol. The van der Waals surface area contributed by atoms with Crippen LogP contribution in [0.25, 0.3) is 0 Å². The van der Waals surface area contributed by atoms with Gasteiger partial charge < -0.3 is 0 Å². The molecule has 16 heavy (non-hydrogen) atoms. The topological polar surface area (TPSA) is 0 Å². The summed E-state index contributed by atoms with van der Waals surface area (Å²) in [6.07, 6.45) is 6.18. The van der Waals surface area contributed by atoms with E-state index in [4.69, 9.17) is 0 Å². The fraction of sp³-hybridized carbons (Fsp3) is 0.467. The number of allylic oxidation sites excluding steroid dienone is 2. The quantitative estimate of drug-likeness (QED) is 0.393. The summed E-state index contributed by atoms with van der Waals surface area (Å²) in [5.41, 5.74) is 3.12. The molecule has 0 heterocycles. The molecule has 0 aromatic heterocycles. The Kier molecular flexibility index (Phi) is 7.29. The summed E-state index contributed by atoms with van der Waals surface area (Å²) < 4.78 is 0. The van der Waals surface area contributed by atoms with Crippen molar-refractivity contribution in [1.82, 2.24) is 0 Å². The molecule has 1 heteroatoms. The average Bonchev–Trinajstić information content (AvgIpc) is 2.35. The van der Waals surface area contributed by atoms with Gasteiger partial charge in [-0.15, -0.1) is 0 Å². The van der Waals surface area contributed by atoms with Crippen LogP contribution in [0, 0.1) is 0 Å². The molecule has 1 rings (SSSR count). The van der Waals surface area contributed by atoms with E-state index < -0.39 is 0 Å². The van der Waals surface area contributed by atoms with Gasteiger partial charge in [-0.1, -0.05) is 0 Å². The average molecular weight is 281 g/mol. The molecule has 0 aliphatic carbocycles. The Morgan fingerprint density at radius 3 is 2.44 bits per heavy atom. The molecule has 0 nitrogen and oxygen atoms in total. The molecule has 88 valence electrons. The van der Waals surface area contributed by atoms with Gasteiger partial charge in [0.25, 0.3) is 0 Å². The second-order valence-corrected chi connectivity index (χ2v) is 6.22.